The quantitative estimate of drug-likeness (QED) is 0.0790. The molecule has 3 atom stereocenters. The lowest BCUT2D eigenvalue weighted by Crippen LogP contribution is -2.30. The Kier molecular flexibility index (Phi) is 24.1. The number of carbonyl (C=O) groups excluding carboxylic acids is 2. The predicted octanol–water partition coefficient (Wildman–Crippen LogP) is 9.46. The minimum Gasteiger partial charge on any atom is -0.489 e. The van der Waals surface area contributed by atoms with Gasteiger partial charge in [0.25, 0.3) is 11.8 Å². The molecule has 0 saturated carbocycles. The summed E-state index contributed by atoms with van der Waals surface area (Å²) in [7, 11) is -1.74. The summed E-state index contributed by atoms with van der Waals surface area (Å²) in [6.45, 7) is 7.99. The Labute approximate surface area is 405 Å². The first-order valence-electron chi connectivity index (χ1n) is 20.2. The zero-order valence-corrected chi connectivity index (χ0v) is 38.4. The van der Waals surface area contributed by atoms with Crippen LogP contribution in [-0.4, -0.2) is 98.5 Å². The monoisotopic (exact) mass is 984 g/mol. The standard InChI is InChI=1S/C23H25ClN2O5S.C23H25ClN2O4S.3CH4/c1-3-10-25-23-26(19-7-5-4-6-15(19)2)22(29)21(32(23)30)12-16-8-9-20(18(24)11-16)31-14-17(28)13-27;1-3-10-25-23-26(19-7-5-4-6-15(19)2)22(29)21(31-23)12-16-8-9-20(18(24)11-16)30-14-17(28)13-27;;;/h4-9,11-12,17,27-28H,3,10,13-14H2,1-2H3;4-9,11-12,17,27-28H,3,10,13-14H2,1-2H3;3*1H4/b2*21-12-,25-23?;;;/t17-,32?;17-;;;/m11.../s1. The molecule has 4 aromatic rings. The zero-order chi connectivity index (χ0) is 45.6. The first-order chi connectivity index (χ1) is 30.3. The molecule has 2 amide bonds. The molecule has 0 bridgehead atoms. The first kappa shape index (κ1) is 57.3. The van der Waals surface area contributed by atoms with Crippen LogP contribution in [0.1, 0.15) is 71.2 Å². The number of hydrogen-bond acceptors (Lipinski definition) is 12. The smallest absolute Gasteiger partial charge is 0.274 e. The maximum Gasteiger partial charge on any atom is 0.274 e. The Bertz CT molecular complexity index is 2430. The highest BCUT2D eigenvalue weighted by molar-refractivity contribution is 8.19. The highest BCUT2D eigenvalue weighted by atomic mass is 35.5. The lowest BCUT2D eigenvalue weighted by Gasteiger charge is -2.18. The number of amides is 2. The van der Waals surface area contributed by atoms with Crippen molar-refractivity contribution >= 4 is 91.4 Å². The number of aliphatic imine (C=N–C) groups is 2. The molecule has 0 radical (unpaired) electrons. The number of amidine groups is 2. The van der Waals surface area contributed by atoms with E-state index in [1.54, 1.807) is 53.4 Å². The summed E-state index contributed by atoms with van der Waals surface area (Å²) in [5.41, 5.74) is 4.66. The SMILES string of the molecule is C.C.C.CCCN=C1N(c2ccccc2C)C(=O)/C(=C/c2ccc(OC[C@H](O)CO)c(Cl)c2)S1=O.CCCN=C1S/C(=C\c2ccc(OC[C@H](O)CO)c(Cl)c2)C(=O)N1c1ccccc1C. The summed E-state index contributed by atoms with van der Waals surface area (Å²) >= 11 is 13.9. The fourth-order valence-electron chi connectivity index (χ4n) is 5.98. The summed E-state index contributed by atoms with van der Waals surface area (Å²) in [4.78, 5) is 39.3. The van der Waals surface area contributed by atoms with Gasteiger partial charge in [0.05, 0.1) is 39.5 Å². The molecule has 4 aromatic carbocycles. The summed E-state index contributed by atoms with van der Waals surface area (Å²) in [6.07, 6.45) is 2.98. The third-order valence-corrected chi connectivity index (χ3v) is 12.2. The Morgan fingerprint density at radius 3 is 1.64 bits per heavy atom. The van der Waals surface area contributed by atoms with Gasteiger partial charge in [-0.1, -0.05) is 108 Å². The number of carbonyl (C=O) groups is 2. The summed E-state index contributed by atoms with van der Waals surface area (Å²) in [6, 6.07) is 25.1. The van der Waals surface area contributed by atoms with Crippen LogP contribution in [0.3, 0.4) is 0 Å². The van der Waals surface area contributed by atoms with Crippen molar-refractivity contribution in [3.63, 3.8) is 0 Å². The third kappa shape index (κ3) is 14.6. The van der Waals surface area contributed by atoms with E-state index in [1.165, 1.54) is 22.7 Å². The lowest BCUT2D eigenvalue weighted by atomic mass is 10.1. The number of halogens is 2. The van der Waals surface area contributed by atoms with Crippen molar-refractivity contribution < 1.29 is 43.7 Å². The molecule has 4 N–H and O–H groups in total. The number of para-hydroxylation sites is 2. The first-order valence-corrected chi connectivity index (χ1v) is 22.9. The highest BCUT2D eigenvalue weighted by Crippen LogP contribution is 2.38. The Balaban J connectivity index is 0.000000434. The molecule has 2 saturated heterocycles. The fraction of sp³-hybridized carbons (Fsp3) is 0.347. The molecule has 358 valence electrons. The molecule has 2 heterocycles. The van der Waals surface area contributed by atoms with Crippen LogP contribution >= 0.6 is 35.0 Å². The van der Waals surface area contributed by atoms with Crippen molar-refractivity contribution in [1.29, 1.82) is 0 Å². The van der Waals surface area contributed by atoms with E-state index in [0.717, 1.165) is 35.2 Å². The van der Waals surface area contributed by atoms with Gasteiger partial charge in [-0.2, -0.15) is 0 Å². The summed E-state index contributed by atoms with van der Waals surface area (Å²) in [5, 5.41) is 38.1. The van der Waals surface area contributed by atoms with E-state index < -0.39 is 35.5 Å². The van der Waals surface area contributed by atoms with E-state index in [4.69, 9.17) is 42.9 Å². The van der Waals surface area contributed by atoms with E-state index in [2.05, 4.69) is 9.98 Å². The molecule has 0 spiro atoms. The van der Waals surface area contributed by atoms with Crippen molar-refractivity contribution in [3.8, 4) is 11.5 Å². The lowest BCUT2D eigenvalue weighted by molar-refractivity contribution is -0.114. The number of hydrogen-bond donors (Lipinski definition) is 4. The number of benzene rings is 4. The second kappa shape index (κ2) is 27.7. The predicted molar refractivity (Wildman–Crippen MR) is 274 cm³/mol. The fourth-order valence-corrected chi connectivity index (χ4v) is 8.71. The van der Waals surface area contributed by atoms with Crippen molar-refractivity contribution in [2.45, 2.75) is 75.0 Å². The van der Waals surface area contributed by atoms with Gasteiger partial charge >= 0.3 is 0 Å². The van der Waals surface area contributed by atoms with E-state index in [-0.39, 0.29) is 63.1 Å². The van der Waals surface area contributed by atoms with E-state index in [1.807, 2.05) is 70.2 Å². The third-order valence-electron chi connectivity index (χ3n) is 9.22. The molecule has 1 unspecified atom stereocenters. The van der Waals surface area contributed by atoms with Gasteiger partial charge in [0.1, 0.15) is 52.6 Å². The number of thioether (sulfide) groups is 1. The van der Waals surface area contributed by atoms with Gasteiger partial charge in [-0.3, -0.25) is 29.4 Å². The van der Waals surface area contributed by atoms with Gasteiger partial charge in [-0.05, 0) is 109 Å². The molecule has 0 aliphatic carbocycles. The molecular weight excluding hydrogens is 924 g/mol. The number of anilines is 2. The second-order valence-corrected chi connectivity index (χ2v) is 17.4. The van der Waals surface area contributed by atoms with Crippen LogP contribution in [0, 0.1) is 13.8 Å². The minimum atomic E-state index is -1.74. The van der Waals surface area contributed by atoms with Crippen LogP contribution in [0.2, 0.25) is 10.0 Å². The number of rotatable bonds is 16. The van der Waals surface area contributed by atoms with Gasteiger partial charge in [0, 0.05) is 13.1 Å². The Hall–Kier alpha value is -4.84. The normalized spacial score (nSPS) is 17.8. The molecule has 2 aliphatic rings. The maximum atomic E-state index is 13.3. The maximum absolute atomic E-state index is 13.3. The van der Waals surface area contributed by atoms with Crippen LogP contribution < -0.4 is 19.3 Å². The number of aliphatic hydroxyl groups excluding tert-OH is 4. The van der Waals surface area contributed by atoms with Gasteiger partial charge < -0.3 is 29.9 Å². The molecule has 2 fully saturated rings. The molecule has 66 heavy (non-hydrogen) atoms. The van der Waals surface area contributed by atoms with Gasteiger partial charge in [0.2, 0.25) is 5.17 Å². The van der Waals surface area contributed by atoms with Gasteiger partial charge in [-0.25, -0.2) is 4.21 Å². The number of ether oxygens (including phenoxy) is 2. The Morgan fingerprint density at radius 2 is 1.17 bits per heavy atom. The van der Waals surface area contributed by atoms with E-state index in [0.29, 0.717) is 50.9 Å². The molecule has 2 aliphatic heterocycles. The molecule has 17 heteroatoms. The number of nitrogens with zero attached hydrogens (tertiary/aromatic N) is 4. The van der Waals surface area contributed by atoms with Crippen molar-refractivity contribution in [3.05, 3.63) is 127 Å². The summed E-state index contributed by atoms with van der Waals surface area (Å²) in [5.74, 6) is 0.201. The average Bonchev–Trinajstić information content (AvgIpc) is 3.70. The Morgan fingerprint density at radius 1 is 0.697 bits per heavy atom. The topological polar surface area (TPSA) is 182 Å². The average molecular weight is 986 g/mol. The van der Waals surface area contributed by atoms with Crippen LogP contribution in [0.15, 0.2) is 105 Å². The molecular formula is C49H62Cl2N4O9S2. The molecule has 0 aromatic heterocycles. The highest BCUT2D eigenvalue weighted by Gasteiger charge is 2.41. The van der Waals surface area contributed by atoms with Crippen LogP contribution in [0.25, 0.3) is 12.2 Å². The molecule has 13 nitrogen and oxygen atoms in total. The van der Waals surface area contributed by atoms with Crippen LogP contribution in [0.4, 0.5) is 11.4 Å². The minimum absolute atomic E-state index is 0. The van der Waals surface area contributed by atoms with Gasteiger partial charge in [-0.15, -0.1) is 0 Å². The number of aliphatic hydroxyl groups is 4. The summed E-state index contributed by atoms with van der Waals surface area (Å²) < 4.78 is 24.0. The van der Waals surface area contributed by atoms with Crippen molar-refractivity contribution in [2.24, 2.45) is 9.98 Å². The van der Waals surface area contributed by atoms with Crippen LogP contribution in [-0.2, 0) is 20.4 Å². The zero-order valence-electron chi connectivity index (χ0n) is 35.2. The van der Waals surface area contributed by atoms with Crippen LogP contribution in [0.5, 0.6) is 11.5 Å². The van der Waals surface area contributed by atoms with E-state index >= 15 is 0 Å². The number of aryl methyl sites for hydroxylation is 2. The van der Waals surface area contributed by atoms with Crippen molar-refractivity contribution in [2.75, 3.05) is 49.3 Å². The van der Waals surface area contributed by atoms with Crippen molar-refractivity contribution in [1.82, 2.24) is 0 Å². The van der Waals surface area contributed by atoms with E-state index in [9.17, 15) is 24.0 Å². The largest absolute Gasteiger partial charge is 0.489 e. The molecule has 6 rings (SSSR count). The van der Waals surface area contributed by atoms with Gasteiger partial charge in [0.15, 0.2) is 5.17 Å². The second-order valence-electron chi connectivity index (χ2n) is 14.2.